The zero-order valence-corrected chi connectivity index (χ0v) is 17.3. The third kappa shape index (κ3) is 2.65. The van der Waals surface area contributed by atoms with Crippen molar-refractivity contribution < 1.29 is 14.4 Å². The molecule has 0 unspecified atom stereocenters. The number of benzene rings is 2. The van der Waals surface area contributed by atoms with Crippen LogP contribution in [-0.4, -0.2) is 17.7 Å². The first kappa shape index (κ1) is 18.8. The first-order chi connectivity index (χ1) is 14.4. The number of aryl methyl sites for hydroxylation is 1. The van der Waals surface area contributed by atoms with Crippen LogP contribution in [0.15, 0.2) is 54.1 Å². The second-order valence-corrected chi connectivity index (χ2v) is 8.73. The Balaban J connectivity index is 1.36. The molecule has 0 spiro atoms. The molecule has 1 heterocycles. The number of allylic oxidation sites excluding steroid dienone is 2. The fourth-order valence-corrected chi connectivity index (χ4v) is 5.37. The van der Waals surface area contributed by atoms with E-state index in [2.05, 4.69) is 18.3 Å². The predicted octanol–water partition coefficient (Wildman–Crippen LogP) is 4.26. The van der Waals surface area contributed by atoms with E-state index in [0.29, 0.717) is 11.3 Å². The molecular formula is C25H24N2O3. The number of nitrogens with zero attached hydrogens (tertiary/aromatic N) is 1. The van der Waals surface area contributed by atoms with Crippen LogP contribution in [0.25, 0.3) is 0 Å². The van der Waals surface area contributed by atoms with Crippen LogP contribution in [0.3, 0.4) is 0 Å². The number of anilines is 2. The largest absolute Gasteiger partial charge is 0.322 e. The van der Waals surface area contributed by atoms with Gasteiger partial charge in [0.15, 0.2) is 0 Å². The van der Waals surface area contributed by atoms with Crippen LogP contribution < -0.4 is 10.2 Å². The molecular weight excluding hydrogens is 376 g/mol. The lowest BCUT2D eigenvalue weighted by molar-refractivity contribution is -0.123. The highest BCUT2D eigenvalue weighted by atomic mass is 16.2. The summed E-state index contributed by atoms with van der Waals surface area (Å²) >= 11 is 0. The molecule has 2 aromatic rings. The topological polar surface area (TPSA) is 66.5 Å². The van der Waals surface area contributed by atoms with E-state index in [0.717, 1.165) is 23.2 Å². The van der Waals surface area contributed by atoms with E-state index in [1.807, 2.05) is 32.0 Å². The van der Waals surface area contributed by atoms with Crippen molar-refractivity contribution >= 4 is 29.1 Å². The average Bonchev–Trinajstić information content (AvgIpc) is 3.36. The molecule has 1 aliphatic heterocycles. The molecule has 4 atom stereocenters. The van der Waals surface area contributed by atoms with Gasteiger partial charge in [-0.1, -0.05) is 23.8 Å². The molecule has 3 aliphatic rings. The smallest absolute Gasteiger partial charge is 0.255 e. The summed E-state index contributed by atoms with van der Waals surface area (Å²) in [5.41, 5.74) is 5.18. The minimum absolute atomic E-state index is 0.0995. The van der Waals surface area contributed by atoms with Crippen molar-refractivity contribution in [1.29, 1.82) is 0 Å². The second kappa shape index (κ2) is 6.66. The molecule has 2 bridgehead atoms. The Morgan fingerprint density at radius 1 is 0.967 bits per heavy atom. The maximum Gasteiger partial charge on any atom is 0.255 e. The summed E-state index contributed by atoms with van der Waals surface area (Å²) < 4.78 is 0. The summed E-state index contributed by atoms with van der Waals surface area (Å²) in [5.74, 6) is -0.484. The van der Waals surface area contributed by atoms with E-state index < -0.39 is 0 Å². The van der Waals surface area contributed by atoms with Crippen molar-refractivity contribution in [3.63, 3.8) is 0 Å². The summed E-state index contributed by atoms with van der Waals surface area (Å²) in [4.78, 5) is 40.1. The monoisotopic (exact) mass is 400 g/mol. The Bertz CT molecular complexity index is 1120. The highest BCUT2D eigenvalue weighted by molar-refractivity contribution is 6.23. The summed E-state index contributed by atoms with van der Waals surface area (Å²) in [6.45, 7) is 6.03. The van der Waals surface area contributed by atoms with E-state index in [-0.39, 0.29) is 41.4 Å². The van der Waals surface area contributed by atoms with Gasteiger partial charge in [0, 0.05) is 11.3 Å². The summed E-state index contributed by atoms with van der Waals surface area (Å²) in [6, 6.07) is 12.5. The van der Waals surface area contributed by atoms with Crippen molar-refractivity contribution in [2.24, 2.45) is 23.7 Å². The van der Waals surface area contributed by atoms with E-state index in [1.165, 1.54) is 10.5 Å². The highest BCUT2D eigenvalue weighted by Crippen LogP contribution is 2.55. The minimum atomic E-state index is -0.224. The number of imide groups is 1. The number of hydrogen-bond acceptors (Lipinski definition) is 3. The fraction of sp³-hybridized carbons (Fsp3) is 0.320. The van der Waals surface area contributed by atoms with Crippen LogP contribution in [0.4, 0.5) is 11.4 Å². The number of nitrogens with one attached hydrogen (secondary N) is 1. The van der Waals surface area contributed by atoms with Gasteiger partial charge in [-0.05, 0) is 80.5 Å². The van der Waals surface area contributed by atoms with Gasteiger partial charge in [-0.25, -0.2) is 0 Å². The third-order valence-electron chi connectivity index (χ3n) is 7.12. The van der Waals surface area contributed by atoms with Gasteiger partial charge in [-0.2, -0.15) is 0 Å². The number of hydrogen-bond donors (Lipinski definition) is 1. The van der Waals surface area contributed by atoms with Crippen molar-refractivity contribution in [2.45, 2.75) is 27.2 Å². The minimum Gasteiger partial charge on any atom is -0.322 e. The van der Waals surface area contributed by atoms with Crippen molar-refractivity contribution in [3.8, 4) is 0 Å². The molecule has 30 heavy (non-hydrogen) atoms. The van der Waals surface area contributed by atoms with Crippen molar-refractivity contribution in [1.82, 2.24) is 0 Å². The van der Waals surface area contributed by atoms with Gasteiger partial charge in [-0.3, -0.25) is 19.3 Å². The van der Waals surface area contributed by atoms with Crippen LogP contribution in [0.5, 0.6) is 0 Å². The lowest BCUT2D eigenvalue weighted by Gasteiger charge is -2.19. The molecule has 2 fully saturated rings. The molecule has 152 valence electrons. The van der Waals surface area contributed by atoms with Crippen LogP contribution in [0.2, 0.25) is 0 Å². The Labute approximate surface area is 175 Å². The van der Waals surface area contributed by atoms with Gasteiger partial charge in [0.1, 0.15) is 0 Å². The molecule has 1 saturated carbocycles. The molecule has 2 aromatic carbocycles. The first-order valence-electron chi connectivity index (χ1n) is 10.4. The number of fused-ring (bicyclic) bond motifs is 5. The molecule has 3 amide bonds. The first-order valence-corrected chi connectivity index (χ1v) is 10.4. The maximum absolute atomic E-state index is 13.1. The van der Waals surface area contributed by atoms with Crippen LogP contribution >= 0.6 is 0 Å². The lowest BCUT2D eigenvalue weighted by atomic mass is 9.82. The summed E-state index contributed by atoms with van der Waals surface area (Å²) in [6.07, 6.45) is 3.09. The van der Waals surface area contributed by atoms with Gasteiger partial charge in [-0.15, -0.1) is 0 Å². The molecule has 0 aromatic heterocycles. The Kier molecular flexibility index (Phi) is 4.17. The maximum atomic E-state index is 13.1. The molecule has 1 saturated heterocycles. The predicted molar refractivity (Wildman–Crippen MR) is 115 cm³/mol. The summed E-state index contributed by atoms with van der Waals surface area (Å²) in [7, 11) is 0. The summed E-state index contributed by atoms with van der Waals surface area (Å²) in [5, 5.41) is 2.94. The number of amides is 3. The van der Waals surface area contributed by atoms with Gasteiger partial charge in [0.25, 0.3) is 5.91 Å². The van der Waals surface area contributed by atoms with Crippen LogP contribution in [0.1, 0.15) is 34.8 Å². The van der Waals surface area contributed by atoms with Gasteiger partial charge >= 0.3 is 0 Å². The van der Waals surface area contributed by atoms with Crippen molar-refractivity contribution in [3.05, 3.63) is 70.8 Å². The fourth-order valence-electron chi connectivity index (χ4n) is 5.37. The molecule has 0 radical (unpaired) electrons. The normalized spacial score (nSPS) is 26.8. The lowest BCUT2D eigenvalue weighted by Crippen LogP contribution is -2.33. The number of carbonyl (C=O) groups is 3. The Morgan fingerprint density at radius 2 is 1.67 bits per heavy atom. The molecule has 5 nitrogen and oxygen atoms in total. The van der Waals surface area contributed by atoms with Gasteiger partial charge < -0.3 is 5.32 Å². The SMILES string of the molecule is CC1=C[C@@H]2C[C@@H]1[C@@H]1C(=O)N(c3ccc(C(=O)Nc4cccc(C)c4C)cc3)C(=O)[C@@H]12. The zero-order chi connectivity index (χ0) is 21.2. The second-order valence-electron chi connectivity index (χ2n) is 8.73. The van der Waals surface area contributed by atoms with E-state index in [9.17, 15) is 14.4 Å². The van der Waals surface area contributed by atoms with E-state index in [1.54, 1.807) is 24.3 Å². The third-order valence-corrected chi connectivity index (χ3v) is 7.12. The number of carbonyl (C=O) groups excluding carboxylic acids is 3. The van der Waals surface area contributed by atoms with Gasteiger partial charge in [0.05, 0.1) is 17.5 Å². The van der Waals surface area contributed by atoms with E-state index >= 15 is 0 Å². The molecule has 2 aliphatic carbocycles. The van der Waals surface area contributed by atoms with Crippen LogP contribution in [-0.2, 0) is 9.59 Å². The molecule has 5 heteroatoms. The van der Waals surface area contributed by atoms with Crippen LogP contribution in [0, 0.1) is 37.5 Å². The number of rotatable bonds is 3. The molecule has 1 N–H and O–H groups in total. The highest BCUT2D eigenvalue weighted by Gasteiger charge is 2.60. The quantitative estimate of drug-likeness (QED) is 0.618. The molecule has 5 rings (SSSR count). The Morgan fingerprint density at radius 3 is 2.40 bits per heavy atom. The van der Waals surface area contributed by atoms with Crippen molar-refractivity contribution in [2.75, 3.05) is 10.2 Å². The van der Waals surface area contributed by atoms with E-state index in [4.69, 9.17) is 0 Å². The Hall–Kier alpha value is -3.21. The zero-order valence-electron chi connectivity index (χ0n) is 17.3. The average molecular weight is 400 g/mol. The standard InChI is InChI=1S/C25H24N2O3/c1-13-5-4-6-20(15(13)3)26-23(28)16-7-9-18(10-8-16)27-24(29)21-17-11-14(2)19(12-17)22(21)25(27)30/h4-11,17,19,21-22H,12H2,1-3H3,(H,26,28)/t17-,19+,21-,22+/m1/s1. The van der Waals surface area contributed by atoms with Gasteiger partial charge in [0.2, 0.25) is 11.8 Å².